The first kappa shape index (κ1) is 22.0. The van der Waals surface area contributed by atoms with Gasteiger partial charge in [0.25, 0.3) is 0 Å². The number of nitrogens with zero attached hydrogens (tertiary/aromatic N) is 1. The Morgan fingerprint density at radius 3 is 2.24 bits per heavy atom. The van der Waals surface area contributed by atoms with Crippen LogP contribution in [0.2, 0.25) is 0 Å². The molecular weight excluding hydrogens is 372 g/mol. The molecule has 0 spiro atoms. The minimum atomic E-state index is 0.303. The van der Waals surface area contributed by atoms with Crippen LogP contribution in [0.4, 0.5) is 0 Å². The third kappa shape index (κ3) is 5.45. The minimum absolute atomic E-state index is 0.303. The molecule has 2 aromatic carbocycles. The van der Waals surface area contributed by atoms with Crippen molar-refractivity contribution in [1.82, 2.24) is 9.97 Å². The average molecular weight is 409 g/mol. The van der Waals surface area contributed by atoms with E-state index in [2.05, 4.69) is 87.9 Å². The second-order valence-electron chi connectivity index (χ2n) is 9.71. The van der Waals surface area contributed by atoms with Crippen molar-refractivity contribution in [3.63, 3.8) is 0 Å². The summed E-state index contributed by atoms with van der Waals surface area (Å²) in [5.41, 5.74) is 5.64. The summed E-state index contributed by atoms with van der Waals surface area (Å²) in [6.07, 6.45) is 3.65. The summed E-state index contributed by atoms with van der Waals surface area (Å²) in [5.74, 6) is 1.52. The van der Waals surface area contributed by atoms with Gasteiger partial charge in [-0.3, -0.25) is 0 Å². The van der Waals surface area contributed by atoms with E-state index in [0.29, 0.717) is 16.7 Å². The maximum atomic E-state index is 4.67. The van der Waals surface area contributed by atoms with Crippen molar-refractivity contribution in [1.29, 1.82) is 0 Å². The summed E-state index contributed by atoms with van der Waals surface area (Å²) in [6, 6.07) is 17.6. The van der Waals surface area contributed by atoms with E-state index >= 15 is 0 Å². The molecule has 0 fully saturated rings. The fourth-order valence-corrected chi connectivity index (χ4v) is 4.63. The highest BCUT2D eigenvalue weighted by Gasteiger charge is 2.33. The topological polar surface area (TPSA) is 28.7 Å². The molecule has 0 saturated carbocycles. The molecule has 1 aromatic heterocycles. The standard InChI is InChI=1S/C26H36N2S/c1-7-25(3,4)17-21(26(5,6)8-2)20-15-13-19(14-16-20)18-29-24-27-22-11-9-10-12-23(22)28-24/h9-16,21H,7-8,17-18H2,1-6H3,(H,27,28). The number of H-pyrrole nitrogens is 1. The van der Waals surface area contributed by atoms with Crippen molar-refractivity contribution in [2.75, 3.05) is 0 Å². The Kier molecular flexibility index (Phi) is 6.78. The molecule has 0 amide bonds. The van der Waals surface area contributed by atoms with Gasteiger partial charge >= 0.3 is 0 Å². The molecule has 2 nitrogen and oxygen atoms in total. The van der Waals surface area contributed by atoms with E-state index in [1.165, 1.54) is 30.4 Å². The van der Waals surface area contributed by atoms with Gasteiger partial charge in [0.05, 0.1) is 11.0 Å². The number of imidazole rings is 1. The lowest BCUT2D eigenvalue weighted by molar-refractivity contribution is 0.188. The van der Waals surface area contributed by atoms with Gasteiger partial charge in [0.1, 0.15) is 0 Å². The van der Waals surface area contributed by atoms with Gasteiger partial charge in [-0.1, -0.05) is 103 Å². The molecule has 3 aromatic rings. The third-order valence-electron chi connectivity index (χ3n) is 6.69. The van der Waals surface area contributed by atoms with Gasteiger partial charge < -0.3 is 4.98 Å². The molecule has 1 N–H and O–H groups in total. The first-order valence-electron chi connectivity index (χ1n) is 10.9. The van der Waals surface area contributed by atoms with Gasteiger partial charge in [-0.15, -0.1) is 0 Å². The summed E-state index contributed by atoms with van der Waals surface area (Å²) < 4.78 is 0. The maximum Gasteiger partial charge on any atom is 0.166 e. The van der Waals surface area contributed by atoms with Gasteiger partial charge in [0.2, 0.25) is 0 Å². The molecule has 0 aliphatic carbocycles. The van der Waals surface area contributed by atoms with Gasteiger partial charge in [-0.2, -0.15) is 0 Å². The Bertz CT molecular complexity index is 888. The normalized spacial score (nSPS) is 13.7. The number of aromatic amines is 1. The molecule has 0 radical (unpaired) electrons. The number of benzene rings is 2. The molecule has 3 rings (SSSR count). The van der Waals surface area contributed by atoms with E-state index in [1.54, 1.807) is 11.8 Å². The van der Waals surface area contributed by atoms with E-state index in [0.717, 1.165) is 21.9 Å². The molecule has 1 heterocycles. The maximum absolute atomic E-state index is 4.67. The Balaban J connectivity index is 1.72. The molecule has 0 bridgehead atoms. The van der Waals surface area contributed by atoms with Gasteiger partial charge in [-0.25, -0.2) is 4.98 Å². The first-order chi connectivity index (χ1) is 13.7. The average Bonchev–Trinajstić information content (AvgIpc) is 3.14. The SMILES string of the molecule is CCC(C)(C)CC(c1ccc(CSc2nc3ccccc3[nH]2)cc1)C(C)(C)CC. The number of hydrogen-bond donors (Lipinski definition) is 1. The fourth-order valence-electron chi connectivity index (χ4n) is 3.78. The van der Waals surface area contributed by atoms with E-state index < -0.39 is 0 Å². The predicted octanol–water partition coefficient (Wildman–Crippen LogP) is 8.20. The molecule has 0 saturated heterocycles. The number of fused-ring (bicyclic) bond motifs is 1. The summed E-state index contributed by atoms with van der Waals surface area (Å²) in [6.45, 7) is 14.3. The van der Waals surface area contributed by atoms with Crippen LogP contribution in [0.25, 0.3) is 11.0 Å². The highest BCUT2D eigenvalue weighted by Crippen LogP contribution is 2.46. The smallest absolute Gasteiger partial charge is 0.166 e. The molecule has 1 atom stereocenters. The second kappa shape index (κ2) is 8.95. The van der Waals surface area contributed by atoms with E-state index in [9.17, 15) is 0 Å². The summed E-state index contributed by atoms with van der Waals surface area (Å²) >= 11 is 1.77. The van der Waals surface area contributed by atoms with Crippen LogP contribution in [-0.2, 0) is 5.75 Å². The van der Waals surface area contributed by atoms with Crippen LogP contribution >= 0.6 is 11.8 Å². The van der Waals surface area contributed by atoms with Crippen molar-refractivity contribution in [3.05, 3.63) is 59.7 Å². The fraction of sp³-hybridized carbons (Fsp3) is 0.500. The van der Waals surface area contributed by atoms with Crippen LogP contribution in [0.15, 0.2) is 53.7 Å². The van der Waals surface area contributed by atoms with Crippen LogP contribution in [0.1, 0.15) is 77.8 Å². The number of rotatable bonds is 9. The van der Waals surface area contributed by atoms with E-state index in [4.69, 9.17) is 0 Å². The predicted molar refractivity (Wildman–Crippen MR) is 128 cm³/mol. The molecule has 1 unspecified atom stereocenters. The van der Waals surface area contributed by atoms with Crippen molar-refractivity contribution < 1.29 is 0 Å². The van der Waals surface area contributed by atoms with Crippen LogP contribution < -0.4 is 0 Å². The van der Waals surface area contributed by atoms with Gasteiger partial charge in [-0.05, 0) is 46.4 Å². The monoisotopic (exact) mass is 408 g/mol. The van der Waals surface area contributed by atoms with Gasteiger partial charge in [0, 0.05) is 5.75 Å². The molecule has 29 heavy (non-hydrogen) atoms. The van der Waals surface area contributed by atoms with Crippen LogP contribution in [0.3, 0.4) is 0 Å². The van der Waals surface area contributed by atoms with Gasteiger partial charge in [0.15, 0.2) is 5.16 Å². The Morgan fingerprint density at radius 1 is 0.931 bits per heavy atom. The zero-order valence-electron chi connectivity index (χ0n) is 18.9. The highest BCUT2D eigenvalue weighted by atomic mass is 32.2. The number of thioether (sulfide) groups is 1. The highest BCUT2D eigenvalue weighted by molar-refractivity contribution is 7.98. The first-order valence-corrected chi connectivity index (χ1v) is 11.9. The largest absolute Gasteiger partial charge is 0.333 e. The van der Waals surface area contributed by atoms with Crippen molar-refractivity contribution >= 4 is 22.8 Å². The van der Waals surface area contributed by atoms with Crippen LogP contribution in [0, 0.1) is 10.8 Å². The lowest BCUT2D eigenvalue weighted by Crippen LogP contribution is -2.27. The van der Waals surface area contributed by atoms with Crippen molar-refractivity contribution in [2.45, 2.75) is 77.6 Å². The van der Waals surface area contributed by atoms with Crippen molar-refractivity contribution in [3.8, 4) is 0 Å². The number of aromatic nitrogens is 2. The summed E-state index contributed by atoms with van der Waals surface area (Å²) in [5, 5.41) is 0.991. The molecule has 156 valence electrons. The van der Waals surface area contributed by atoms with Crippen LogP contribution in [0.5, 0.6) is 0 Å². The molecule has 3 heteroatoms. The zero-order valence-corrected chi connectivity index (χ0v) is 19.7. The minimum Gasteiger partial charge on any atom is -0.333 e. The molecule has 0 aliphatic rings. The summed E-state index contributed by atoms with van der Waals surface area (Å²) in [7, 11) is 0. The lowest BCUT2D eigenvalue weighted by Gasteiger charge is -2.39. The van der Waals surface area contributed by atoms with E-state index in [1.807, 2.05) is 12.1 Å². The number of hydrogen-bond acceptors (Lipinski definition) is 2. The lowest BCUT2D eigenvalue weighted by atomic mass is 9.66. The molecular formula is C26H36N2S. The summed E-state index contributed by atoms with van der Waals surface area (Å²) in [4.78, 5) is 8.08. The Hall–Kier alpha value is -1.74. The number of para-hydroxylation sites is 2. The second-order valence-corrected chi connectivity index (χ2v) is 10.7. The van der Waals surface area contributed by atoms with Crippen molar-refractivity contribution in [2.24, 2.45) is 10.8 Å². The number of nitrogens with one attached hydrogen (secondary N) is 1. The Morgan fingerprint density at radius 2 is 1.62 bits per heavy atom. The van der Waals surface area contributed by atoms with E-state index in [-0.39, 0.29) is 0 Å². The Labute approximate surface area is 180 Å². The molecule has 0 aliphatic heterocycles. The van der Waals surface area contributed by atoms with Crippen LogP contribution in [-0.4, -0.2) is 9.97 Å². The zero-order chi connectivity index (χ0) is 21.1. The third-order valence-corrected chi connectivity index (χ3v) is 7.64. The quantitative estimate of drug-likeness (QED) is 0.361.